The average molecular weight is 367 g/mol. The van der Waals surface area contributed by atoms with Gasteiger partial charge in [0.2, 0.25) is 10.0 Å². The summed E-state index contributed by atoms with van der Waals surface area (Å²) in [4.78, 5) is -0.0557. The summed E-state index contributed by atoms with van der Waals surface area (Å²) in [5.41, 5.74) is 6.01. The van der Waals surface area contributed by atoms with E-state index >= 15 is 0 Å². The van der Waals surface area contributed by atoms with Crippen molar-refractivity contribution in [2.24, 2.45) is 5.92 Å². The molecule has 0 aliphatic carbocycles. The summed E-state index contributed by atoms with van der Waals surface area (Å²) in [6.07, 6.45) is 0. The molecule has 1 aromatic carbocycles. The fourth-order valence-electron chi connectivity index (χ4n) is 1.57. The molecule has 0 aromatic heterocycles. The SMILES string of the molecule is COc1cc(Br)c(N)cc1S(=O)(=O)NC(CO)C(C)C. The molecule has 1 unspecified atom stereocenters. The van der Waals surface area contributed by atoms with E-state index in [4.69, 9.17) is 10.5 Å². The number of aliphatic hydroxyl groups is 1. The third-order valence-electron chi connectivity index (χ3n) is 2.88. The van der Waals surface area contributed by atoms with Crippen LogP contribution in [0.2, 0.25) is 0 Å². The van der Waals surface area contributed by atoms with Crippen molar-refractivity contribution in [3.63, 3.8) is 0 Å². The van der Waals surface area contributed by atoms with Crippen LogP contribution in [0.3, 0.4) is 0 Å². The lowest BCUT2D eigenvalue weighted by molar-refractivity contribution is 0.227. The van der Waals surface area contributed by atoms with Gasteiger partial charge in [0.15, 0.2) is 0 Å². The number of methoxy groups -OCH3 is 1. The number of hydrogen-bond acceptors (Lipinski definition) is 5. The van der Waals surface area contributed by atoms with E-state index in [0.29, 0.717) is 4.47 Å². The summed E-state index contributed by atoms with van der Waals surface area (Å²) in [6.45, 7) is 3.35. The first-order valence-corrected chi connectivity index (χ1v) is 8.26. The second kappa shape index (κ2) is 6.75. The van der Waals surface area contributed by atoms with Crippen molar-refractivity contribution in [2.45, 2.75) is 24.8 Å². The van der Waals surface area contributed by atoms with Crippen molar-refractivity contribution in [2.75, 3.05) is 19.5 Å². The van der Waals surface area contributed by atoms with Crippen molar-refractivity contribution < 1.29 is 18.3 Å². The van der Waals surface area contributed by atoms with Gasteiger partial charge in [0.1, 0.15) is 10.6 Å². The first kappa shape index (κ1) is 17.2. The van der Waals surface area contributed by atoms with Gasteiger partial charge in [-0.25, -0.2) is 13.1 Å². The highest BCUT2D eigenvalue weighted by molar-refractivity contribution is 9.10. The Hall–Kier alpha value is -0.830. The number of nitrogen functional groups attached to an aromatic ring is 1. The molecule has 1 atom stereocenters. The predicted molar refractivity (Wildman–Crippen MR) is 81.1 cm³/mol. The van der Waals surface area contributed by atoms with Crippen LogP contribution in [-0.4, -0.2) is 33.3 Å². The lowest BCUT2D eigenvalue weighted by Crippen LogP contribution is -2.41. The monoisotopic (exact) mass is 366 g/mol. The molecule has 0 aliphatic rings. The van der Waals surface area contributed by atoms with Crippen molar-refractivity contribution in [1.29, 1.82) is 0 Å². The van der Waals surface area contributed by atoms with Crippen molar-refractivity contribution in [1.82, 2.24) is 4.72 Å². The molecule has 0 saturated heterocycles. The first-order valence-electron chi connectivity index (χ1n) is 5.99. The second-order valence-corrected chi connectivity index (χ2v) is 7.22. The summed E-state index contributed by atoms with van der Waals surface area (Å²) in [7, 11) is -2.46. The number of halogens is 1. The summed E-state index contributed by atoms with van der Waals surface area (Å²) in [6, 6.07) is 2.24. The maximum atomic E-state index is 12.4. The van der Waals surface area contributed by atoms with E-state index in [1.165, 1.54) is 19.2 Å². The Labute approximate surface area is 127 Å². The van der Waals surface area contributed by atoms with E-state index in [2.05, 4.69) is 20.7 Å². The minimum absolute atomic E-state index is 0.0476. The first-order chi connectivity index (χ1) is 9.22. The Kier molecular flexibility index (Phi) is 5.81. The quantitative estimate of drug-likeness (QED) is 0.659. The Morgan fingerprint density at radius 2 is 2.05 bits per heavy atom. The summed E-state index contributed by atoms with van der Waals surface area (Å²) in [5.74, 6) is 0.132. The number of hydrogen-bond donors (Lipinski definition) is 3. The van der Waals surface area contributed by atoms with Crippen LogP contribution >= 0.6 is 15.9 Å². The number of benzene rings is 1. The summed E-state index contributed by atoms with van der Waals surface area (Å²) in [5, 5.41) is 9.24. The van der Waals surface area contributed by atoms with Crippen LogP contribution in [-0.2, 0) is 10.0 Å². The predicted octanol–water partition coefficient (Wildman–Crippen LogP) is 1.34. The van der Waals surface area contributed by atoms with Gasteiger partial charge in [-0.1, -0.05) is 13.8 Å². The smallest absolute Gasteiger partial charge is 0.244 e. The molecular weight excluding hydrogens is 348 g/mol. The van der Waals surface area contributed by atoms with Crippen LogP contribution < -0.4 is 15.2 Å². The lowest BCUT2D eigenvalue weighted by atomic mass is 10.1. The molecule has 114 valence electrons. The molecule has 6 nitrogen and oxygen atoms in total. The molecule has 0 bridgehead atoms. The molecular formula is C12H19BrN2O4S. The van der Waals surface area contributed by atoms with Crippen LogP contribution in [0.4, 0.5) is 5.69 Å². The molecule has 4 N–H and O–H groups in total. The third kappa shape index (κ3) is 3.85. The van der Waals surface area contributed by atoms with Crippen LogP contribution in [0.15, 0.2) is 21.5 Å². The molecule has 1 aromatic rings. The Balaban J connectivity index is 3.25. The average Bonchev–Trinajstić information content (AvgIpc) is 2.38. The number of nitrogens with one attached hydrogen (secondary N) is 1. The zero-order chi connectivity index (χ0) is 15.5. The van der Waals surface area contributed by atoms with E-state index in [1.54, 1.807) is 0 Å². The van der Waals surface area contributed by atoms with E-state index in [0.717, 1.165) is 0 Å². The highest BCUT2D eigenvalue weighted by Crippen LogP contribution is 2.32. The largest absolute Gasteiger partial charge is 0.495 e. The van der Waals surface area contributed by atoms with Gasteiger partial charge in [0.25, 0.3) is 0 Å². The molecule has 20 heavy (non-hydrogen) atoms. The lowest BCUT2D eigenvalue weighted by Gasteiger charge is -2.21. The Bertz CT molecular complexity index is 575. The van der Waals surface area contributed by atoms with Gasteiger partial charge in [-0.3, -0.25) is 0 Å². The van der Waals surface area contributed by atoms with Crippen LogP contribution in [0.1, 0.15) is 13.8 Å². The number of sulfonamides is 1. The van der Waals surface area contributed by atoms with Crippen molar-refractivity contribution >= 4 is 31.6 Å². The standard InChI is InChI=1S/C12H19BrN2O4S/c1-7(2)10(6-16)15-20(17,18)12-5-9(14)8(13)4-11(12)19-3/h4-5,7,10,15-16H,6,14H2,1-3H3. The van der Waals surface area contributed by atoms with Gasteiger partial charge in [-0.05, 0) is 34.0 Å². The Morgan fingerprint density at radius 1 is 1.45 bits per heavy atom. The summed E-state index contributed by atoms with van der Waals surface area (Å²) < 4.78 is 32.8. The molecule has 8 heteroatoms. The summed E-state index contributed by atoms with van der Waals surface area (Å²) >= 11 is 3.22. The molecule has 0 amide bonds. The van der Waals surface area contributed by atoms with Crippen LogP contribution in [0.5, 0.6) is 5.75 Å². The van der Waals surface area contributed by atoms with Crippen molar-refractivity contribution in [3.05, 3.63) is 16.6 Å². The maximum absolute atomic E-state index is 12.4. The van der Waals surface area contributed by atoms with Gasteiger partial charge in [-0.2, -0.15) is 0 Å². The van der Waals surface area contributed by atoms with Gasteiger partial charge < -0.3 is 15.6 Å². The Morgan fingerprint density at radius 3 is 2.50 bits per heavy atom. The minimum Gasteiger partial charge on any atom is -0.495 e. The van der Waals surface area contributed by atoms with E-state index in [-0.39, 0.29) is 28.9 Å². The molecule has 0 heterocycles. The number of ether oxygens (including phenoxy) is 1. The second-order valence-electron chi connectivity index (χ2n) is 4.68. The van der Waals surface area contributed by atoms with Gasteiger partial charge in [-0.15, -0.1) is 0 Å². The van der Waals surface area contributed by atoms with E-state index in [9.17, 15) is 13.5 Å². The minimum atomic E-state index is -3.83. The zero-order valence-corrected chi connectivity index (χ0v) is 14.0. The fourth-order valence-corrected chi connectivity index (χ4v) is 3.45. The third-order valence-corrected chi connectivity index (χ3v) is 5.08. The molecule has 0 saturated carbocycles. The highest BCUT2D eigenvalue weighted by Gasteiger charge is 2.25. The van der Waals surface area contributed by atoms with Crippen LogP contribution in [0, 0.1) is 5.92 Å². The van der Waals surface area contributed by atoms with Gasteiger partial charge >= 0.3 is 0 Å². The molecule has 1 rings (SSSR count). The molecule has 0 spiro atoms. The highest BCUT2D eigenvalue weighted by atomic mass is 79.9. The number of anilines is 1. The normalized spacial score (nSPS) is 13.5. The van der Waals surface area contributed by atoms with Gasteiger partial charge in [0.05, 0.1) is 13.7 Å². The molecule has 0 aliphatic heterocycles. The van der Waals surface area contributed by atoms with E-state index in [1.807, 2.05) is 13.8 Å². The van der Waals surface area contributed by atoms with E-state index < -0.39 is 16.1 Å². The maximum Gasteiger partial charge on any atom is 0.244 e. The van der Waals surface area contributed by atoms with Crippen LogP contribution in [0.25, 0.3) is 0 Å². The topological polar surface area (TPSA) is 102 Å². The van der Waals surface area contributed by atoms with Crippen molar-refractivity contribution in [3.8, 4) is 5.75 Å². The molecule has 0 fully saturated rings. The fraction of sp³-hybridized carbons (Fsp3) is 0.500. The van der Waals surface area contributed by atoms with Gasteiger partial charge in [0, 0.05) is 16.2 Å². The number of aliphatic hydroxyl groups excluding tert-OH is 1. The number of rotatable bonds is 6. The molecule has 0 radical (unpaired) electrons. The zero-order valence-electron chi connectivity index (χ0n) is 11.6. The number of nitrogens with two attached hydrogens (primary N) is 1.